The zero-order chi connectivity index (χ0) is 47.3. The van der Waals surface area contributed by atoms with Crippen molar-refractivity contribution in [2.24, 2.45) is 20.5 Å². The van der Waals surface area contributed by atoms with Gasteiger partial charge < -0.3 is 45.0 Å². The molecule has 0 atom stereocenters. The number of anilines is 7. The Morgan fingerprint density at radius 1 is 0.569 bits per heavy atom. The molecular weight excluding hydrogens is 885 g/mol. The van der Waals surface area contributed by atoms with E-state index in [4.69, 9.17) is 14.5 Å². The van der Waals surface area contributed by atoms with E-state index in [1.807, 2.05) is 37.5 Å². The third-order valence-electron chi connectivity index (χ3n) is 9.72. The zero-order valence-electron chi connectivity index (χ0n) is 36.6. The van der Waals surface area contributed by atoms with Gasteiger partial charge in [-0.2, -0.15) is 42.0 Å². The highest BCUT2D eigenvalue weighted by Gasteiger charge is 2.21. The molecule has 5 aromatic rings. The molecule has 0 saturated carbocycles. The SMILES string of the molecule is CCN(CC)c1cc(Nc2nc(Nc3cc(N(CC)CC)c(OC)cc3/N=N/c3cccc(S(=O)(=O)O)c3)nc(N(CCO)CCO)n2)c(/N=N/c2cccc(S(=O)(=O)O)c2)cc1OC. The lowest BCUT2D eigenvalue weighted by molar-refractivity contribution is 0.280. The Hall–Kier alpha value is -6.57. The van der Waals surface area contributed by atoms with Crippen LogP contribution in [-0.4, -0.2) is 118 Å². The molecule has 0 aliphatic carbocycles. The summed E-state index contributed by atoms with van der Waals surface area (Å²) in [5.74, 6) is 0.901. The second-order valence-electron chi connectivity index (χ2n) is 13.7. The van der Waals surface area contributed by atoms with Crippen LogP contribution in [0.3, 0.4) is 0 Å². The van der Waals surface area contributed by atoms with Crippen molar-refractivity contribution in [3.05, 3.63) is 72.8 Å². The number of hydrogen-bond acceptors (Lipinski definition) is 20. The average Bonchev–Trinajstić information content (AvgIpc) is 3.28. The lowest BCUT2D eigenvalue weighted by atomic mass is 10.2. The normalized spacial score (nSPS) is 11.8. The number of methoxy groups -OCH3 is 2. The standard InChI is InChI=1S/C41H52N12O10S2/c1-7-51(8-2)35-23-31(33(25-37(35)62-5)49-47-27-13-11-15-29(21-27)64(56,57)58)42-39-44-40(46-41(45-39)53(17-19-54)18-20-55)43-32-24-36(52(9-3)10-4)38(63-6)26-34(32)50-48-28-14-12-16-30(22-28)65(59,60)61/h11-16,21-26,54-55H,7-10,17-20H2,1-6H3,(H,56,57,58)(H,59,60,61)(H2,42,43,44,45,46)/b49-47+,50-48+. The van der Waals surface area contributed by atoms with Crippen molar-refractivity contribution < 1.29 is 45.6 Å². The van der Waals surface area contributed by atoms with Gasteiger partial charge in [-0.05, 0) is 76.2 Å². The van der Waals surface area contributed by atoms with Crippen LogP contribution in [0.5, 0.6) is 11.5 Å². The van der Waals surface area contributed by atoms with Gasteiger partial charge in [-0.1, -0.05) is 12.1 Å². The Balaban J connectivity index is 1.71. The second-order valence-corrected chi connectivity index (χ2v) is 16.6. The Kier molecular flexibility index (Phi) is 17.0. The molecule has 1 aromatic heterocycles. The van der Waals surface area contributed by atoms with Crippen LogP contribution in [0.4, 0.5) is 63.3 Å². The molecule has 5 rings (SSSR count). The summed E-state index contributed by atoms with van der Waals surface area (Å²) in [5, 5.41) is 43.8. The highest BCUT2D eigenvalue weighted by atomic mass is 32.2. The summed E-state index contributed by atoms with van der Waals surface area (Å²) in [6.07, 6.45) is 0. The van der Waals surface area contributed by atoms with Crippen LogP contribution in [-0.2, 0) is 20.2 Å². The number of nitrogens with one attached hydrogen (secondary N) is 2. The monoisotopic (exact) mass is 936 g/mol. The maximum atomic E-state index is 11.9. The predicted octanol–water partition coefficient (Wildman–Crippen LogP) is 7.18. The van der Waals surface area contributed by atoms with Gasteiger partial charge in [0.05, 0.1) is 71.3 Å². The van der Waals surface area contributed by atoms with E-state index in [-0.39, 0.29) is 76.7 Å². The molecule has 0 radical (unpaired) electrons. The Morgan fingerprint density at radius 2 is 0.969 bits per heavy atom. The fraction of sp³-hybridized carbons (Fsp3) is 0.341. The van der Waals surface area contributed by atoms with Crippen LogP contribution < -0.4 is 34.8 Å². The van der Waals surface area contributed by atoms with E-state index in [1.54, 1.807) is 29.2 Å². The molecule has 65 heavy (non-hydrogen) atoms. The molecule has 0 fully saturated rings. The number of aromatic nitrogens is 3. The first-order valence-electron chi connectivity index (χ1n) is 20.3. The van der Waals surface area contributed by atoms with Gasteiger partial charge in [0.2, 0.25) is 17.8 Å². The number of azo groups is 2. The third-order valence-corrected chi connectivity index (χ3v) is 11.4. The molecule has 4 aromatic carbocycles. The second kappa shape index (κ2) is 22.4. The first-order chi connectivity index (χ1) is 31.1. The van der Waals surface area contributed by atoms with Crippen molar-refractivity contribution in [3.63, 3.8) is 0 Å². The van der Waals surface area contributed by atoms with Crippen LogP contribution in [0.1, 0.15) is 27.7 Å². The molecular formula is C41H52N12O10S2. The Labute approximate surface area is 377 Å². The Bertz CT molecular complexity index is 2540. The van der Waals surface area contributed by atoms with E-state index in [2.05, 4.69) is 41.1 Å². The summed E-state index contributed by atoms with van der Waals surface area (Å²) in [7, 11) is -6.03. The van der Waals surface area contributed by atoms with E-state index in [0.717, 1.165) is 12.1 Å². The van der Waals surface area contributed by atoms with Crippen LogP contribution in [0.15, 0.2) is 103 Å². The van der Waals surface area contributed by atoms with Crippen LogP contribution in [0, 0.1) is 0 Å². The van der Waals surface area contributed by atoms with E-state index in [9.17, 15) is 36.2 Å². The number of ether oxygens (including phenoxy) is 2. The molecule has 0 spiro atoms. The quantitative estimate of drug-likeness (QED) is 0.0279. The maximum absolute atomic E-state index is 11.9. The van der Waals surface area contributed by atoms with Crippen molar-refractivity contribution in [1.29, 1.82) is 0 Å². The minimum atomic E-state index is -4.53. The Morgan fingerprint density at radius 3 is 1.31 bits per heavy atom. The molecule has 6 N–H and O–H groups in total. The van der Waals surface area contributed by atoms with Gasteiger partial charge in [0, 0.05) is 51.4 Å². The minimum absolute atomic E-state index is 0.0263. The smallest absolute Gasteiger partial charge is 0.294 e. The third kappa shape index (κ3) is 12.8. The average molecular weight is 937 g/mol. The van der Waals surface area contributed by atoms with Gasteiger partial charge in [-0.3, -0.25) is 9.11 Å². The fourth-order valence-corrected chi connectivity index (χ4v) is 7.52. The number of nitrogens with zero attached hydrogens (tertiary/aromatic N) is 10. The molecule has 348 valence electrons. The molecule has 24 heteroatoms. The van der Waals surface area contributed by atoms with Crippen molar-refractivity contribution in [2.45, 2.75) is 37.5 Å². The van der Waals surface area contributed by atoms with E-state index >= 15 is 0 Å². The highest BCUT2D eigenvalue weighted by Crippen LogP contribution is 2.42. The van der Waals surface area contributed by atoms with Gasteiger partial charge in [0.15, 0.2) is 0 Å². The van der Waals surface area contributed by atoms with Gasteiger partial charge >= 0.3 is 0 Å². The van der Waals surface area contributed by atoms with Crippen molar-refractivity contribution in [2.75, 3.05) is 92.0 Å². The minimum Gasteiger partial charge on any atom is -0.494 e. The zero-order valence-corrected chi connectivity index (χ0v) is 38.2. The summed E-state index contributed by atoms with van der Waals surface area (Å²) in [6, 6.07) is 17.4. The maximum Gasteiger partial charge on any atom is 0.294 e. The number of benzene rings is 4. The summed E-state index contributed by atoms with van der Waals surface area (Å²) >= 11 is 0. The summed E-state index contributed by atoms with van der Waals surface area (Å²) in [5.41, 5.74) is 2.70. The number of aliphatic hydroxyl groups excluding tert-OH is 2. The molecule has 1 heterocycles. The van der Waals surface area contributed by atoms with Gasteiger partial charge in [0.1, 0.15) is 22.9 Å². The van der Waals surface area contributed by atoms with Crippen molar-refractivity contribution in [1.82, 2.24) is 15.0 Å². The number of rotatable bonds is 23. The van der Waals surface area contributed by atoms with Gasteiger partial charge in [-0.25, -0.2) is 0 Å². The van der Waals surface area contributed by atoms with Gasteiger partial charge in [0.25, 0.3) is 20.2 Å². The number of hydrogen-bond donors (Lipinski definition) is 6. The van der Waals surface area contributed by atoms with Crippen molar-refractivity contribution in [3.8, 4) is 11.5 Å². The van der Waals surface area contributed by atoms with Crippen LogP contribution in [0.25, 0.3) is 0 Å². The molecule has 0 unspecified atom stereocenters. The van der Waals surface area contributed by atoms with E-state index < -0.39 is 20.2 Å². The lowest BCUT2D eigenvalue weighted by Gasteiger charge is -2.25. The first kappa shape index (κ1) is 49.4. The molecule has 0 amide bonds. The molecule has 22 nitrogen and oxygen atoms in total. The summed E-state index contributed by atoms with van der Waals surface area (Å²) in [4.78, 5) is 19.0. The molecule has 0 aliphatic heterocycles. The highest BCUT2D eigenvalue weighted by molar-refractivity contribution is 7.86. The predicted molar refractivity (Wildman–Crippen MR) is 247 cm³/mol. The van der Waals surface area contributed by atoms with Gasteiger partial charge in [-0.15, -0.1) is 10.2 Å². The fourth-order valence-electron chi connectivity index (χ4n) is 6.48. The van der Waals surface area contributed by atoms with Crippen LogP contribution in [0.2, 0.25) is 0 Å². The first-order valence-corrected chi connectivity index (χ1v) is 23.2. The molecule has 0 bridgehead atoms. The molecule has 0 saturated heterocycles. The topological polar surface area (TPSA) is 290 Å². The largest absolute Gasteiger partial charge is 0.494 e. The van der Waals surface area contributed by atoms with E-state index in [0.29, 0.717) is 60.4 Å². The number of aliphatic hydroxyl groups is 2. The van der Waals surface area contributed by atoms with Crippen molar-refractivity contribution >= 4 is 83.6 Å². The lowest BCUT2D eigenvalue weighted by Crippen LogP contribution is -2.31. The summed E-state index contributed by atoms with van der Waals surface area (Å²) in [6.45, 7) is 9.83. The summed E-state index contributed by atoms with van der Waals surface area (Å²) < 4.78 is 78.2. The molecule has 0 aliphatic rings. The van der Waals surface area contributed by atoms with Crippen LogP contribution >= 0.6 is 0 Å². The van der Waals surface area contributed by atoms with E-state index in [1.165, 1.54) is 50.6 Å².